The van der Waals surface area contributed by atoms with Gasteiger partial charge in [0.2, 0.25) is 5.91 Å². The van der Waals surface area contributed by atoms with Gasteiger partial charge in [-0.2, -0.15) is 0 Å². The molecule has 0 saturated heterocycles. The summed E-state index contributed by atoms with van der Waals surface area (Å²) >= 11 is 0. The maximum absolute atomic E-state index is 11.9. The summed E-state index contributed by atoms with van der Waals surface area (Å²) in [6, 6.07) is 0.397. The third kappa shape index (κ3) is 3.86. The van der Waals surface area contributed by atoms with E-state index in [0.29, 0.717) is 6.04 Å². The van der Waals surface area contributed by atoms with Gasteiger partial charge >= 0.3 is 0 Å². The summed E-state index contributed by atoms with van der Waals surface area (Å²) in [7, 11) is 0. The zero-order chi connectivity index (χ0) is 12.4. The van der Waals surface area contributed by atoms with E-state index in [2.05, 4.69) is 5.32 Å². The van der Waals surface area contributed by atoms with Crippen molar-refractivity contribution in [2.24, 2.45) is 23.5 Å². The maximum Gasteiger partial charge on any atom is 0.224 e. The molecular formula is C14H27ClN2O. The topological polar surface area (TPSA) is 55.1 Å². The molecule has 106 valence electrons. The first kappa shape index (κ1) is 15.8. The van der Waals surface area contributed by atoms with Crippen molar-refractivity contribution in [3.63, 3.8) is 0 Å². The molecular weight excluding hydrogens is 248 g/mol. The van der Waals surface area contributed by atoms with Gasteiger partial charge in [-0.15, -0.1) is 12.4 Å². The van der Waals surface area contributed by atoms with Gasteiger partial charge in [-0.1, -0.05) is 39.0 Å². The predicted octanol–water partition coefficient (Wildman–Crippen LogP) is 2.48. The smallest absolute Gasteiger partial charge is 0.224 e. The molecule has 2 aliphatic carbocycles. The zero-order valence-corrected chi connectivity index (χ0v) is 12.3. The minimum absolute atomic E-state index is 0. The van der Waals surface area contributed by atoms with Crippen LogP contribution < -0.4 is 11.1 Å². The molecule has 0 aromatic carbocycles. The molecule has 18 heavy (non-hydrogen) atoms. The fourth-order valence-electron chi connectivity index (χ4n) is 3.02. The molecule has 0 bridgehead atoms. The van der Waals surface area contributed by atoms with E-state index < -0.39 is 0 Å². The van der Waals surface area contributed by atoms with Crippen molar-refractivity contribution in [1.29, 1.82) is 0 Å². The van der Waals surface area contributed by atoms with Gasteiger partial charge in [0.25, 0.3) is 0 Å². The van der Waals surface area contributed by atoms with Crippen molar-refractivity contribution < 1.29 is 4.79 Å². The summed E-state index contributed by atoms with van der Waals surface area (Å²) in [5.41, 5.74) is 5.75. The van der Waals surface area contributed by atoms with Gasteiger partial charge in [0.15, 0.2) is 0 Å². The number of carbonyl (C=O) groups excluding carboxylic acids is 1. The fraction of sp³-hybridized carbons (Fsp3) is 0.929. The predicted molar refractivity (Wildman–Crippen MR) is 76.7 cm³/mol. The van der Waals surface area contributed by atoms with Crippen LogP contribution in [0.1, 0.15) is 52.4 Å². The van der Waals surface area contributed by atoms with Crippen LogP contribution >= 0.6 is 12.4 Å². The third-order valence-electron chi connectivity index (χ3n) is 4.63. The molecule has 0 spiro atoms. The number of nitrogens with one attached hydrogen (secondary N) is 1. The van der Waals surface area contributed by atoms with Crippen LogP contribution in [0.2, 0.25) is 0 Å². The molecule has 2 saturated carbocycles. The highest BCUT2D eigenvalue weighted by Crippen LogP contribution is 2.44. The minimum Gasteiger partial charge on any atom is -0.353 e. The number of rotatable bonds is 4. The van der Waals surface area contributed by atoms with Gasteiger partial charge in [-0.3, -0.25) is 4.79 Å². The normalized spacial score (nSPS) is 31.1. The van der Waals surface area contributed by atoms with E-state index in [1.165, 1.54) is 38.5 Å². The fourth-order valence-corrected chi connectivity index (χ4v) is 3.02. The van der Waals surface area contributed by atoms with Crippen molar-refractivity contribution >= 4 is 18.3 Å². The molecule has 4 heteroatoms. The Bertz CT molecular complexity index is 277. The standard InChI is InChI=1S/C14H26N2O.ClH/c1-9(10(2)15)14(17)16-13-8-12(13)11-6-4-3-5-7-11;/h9-13H,3-8,15H2,1-2H3,(H,16,17);1H. The highest BCUT2D eigenvalue weighted by atomic mass is 35.5. The van der Waals surface area contributed by atoms with Crippen molar-refractivity contribution in [3.05, 3.63) is 0 Å². The molecule has 3 nitrogen and oxygen atoms in total. The van der Waals surface area contributed by atoms with Crippen molar-refractivity contribution in [1.82, 2.24) is 5.32 Å². The van der Waals surface area contributed by atoms with Crippen molar-refractivity contribution in [2.45, 2.75) is 64.5 Å². The summed E-state index contributed by atoms with van der Waals surface area (Å²) in [5.74, 6) is 1.71. The van der Waals surface area contributed by atoms with Crippen LogP contribution in [0.5, 0.6) is 0 Å². The Hall–Kier alpha value is -0.280. The second kappa shape index (κ2) is 6.76. The second-order valence-electron chi connectivity index (χ2n) is 6.06. The zero-order valence-electron chi connectivity index (χ0n) is 11.5. The second-order valence-corrected chi connectivity index (χ2v) is 6.06. The Kier molecular flexibility index (Phi) is 5.93. The van der Waals surface area contributed by atoms with Gasteiger partial charge in [-0.25, -0.2) is 0 Å². The molecule has 2 aliphatic rings. The molecule has 2 fully saturated rings. The van der Waals surface area contributed by atoms with Crippen molar-refractivity contribution in [2.75, 3.05) is 0 Å². The first-order valence-corrected chi connectivity index (χ1v) is 7.15. The Labute approximate surface area is 117 Å². The van der Waals surface area contributed by atoms with Gasteiger partial charge in [0.05, 0.1) is 0 Å². The Morgan fingerprint density at radius 2 is 1.83 bits per heavy atom. The van der Waals surface area contributed by atoms with Gasteiger partial charge in [0, 0.05) is 18.0 Å². The molecule has 0 radical (unpaired) electrons. The average Bonchev–Trinajstić information content (AvgIpc) is 3.08. The van der Waals surface area contributed by atoms with E-state index >= 15 is 0 Å². The van der Waals surface area contributed by atoms with E-state index in [1.54, 1.807) is 0 Å². The lowest BCUT2D eigenvalue weighted by atomic mass is 9.85. The molecule has 1 amide bonds. The molecule has 0 aromatic heterocycles. The summed E-state index contributed by atoms with van der Waals surface area (Å²) < 4.78 is 0. The number of carbonyl (C=O) groups is 1. The highest BCUT2D eigenvalue weighted by molar-refractivity contribution is 5.85. The molecule has 4 unspecified atom stereocenters. The summed E-state index contributed by atoms with van der Waals surface area (Å²) in [6.45, 7) is 3.81. The number of halogens is 1. The van der Waals surface area contributed by atoms with Crippen LogP contribution in [0, 0.1) is 17.8 Å². The van der Waals surface area contributed by atoms with E-state index in [9.17, 15) is 4.79 Å². The average molecular weight is 275 g/mol. The number of amides is 1. The van der Waals surface area contributed by atoms with Crippen LogP contribution in [-0.2, 0) is 4.79 Å². The number of hydrogen-bond acceptors (Lipinski definition) is 2. The Morgan fingerprint density at radius 1 is 1.22 bits per heavy atom. The Morgan fingerprint density at radius 3 is 2.39 bits per heavy atom. The monoisotopic (exact) mass is 274 g/mol. The molecule has 0 heterocycles. The van der Waals surface area contributed by atoms with E-state index in [0.717, 1.165) is 11.8 Å². The molecule has 0 aromatic rings. The minimum atomic E-state index is -0.0670. The lowest BCUT2D eigenvalue weighted by Crippen LogP contribution is -2.40. The molecule has 3 N–H and O–H groups in total. The third-order valence-corrected chi connectivity index (χ3v) is 4.63. The van der Waals surface area contributed by atoms with Gasteiger partial charge < -0.3 is 11.1 Å². The van der Waals surface area contributed by atoms with Crippen LogP contribution in [0.4, 0.5) is 0 Å². The molecule has 0 aliphatic heterocycles. The number of hydrogen-bond donors (Lipinski definition) is 2. The first-order valence-electron chi connectivity index (χ1n) is 7.15. The molecule has 2 rings (SSSR count). The van der Waals surface area contributed by atoms with E-state index in [1.807, 2.05) is 13.8 Å². The first-order chi connectivity index (χ1) is 8.09. The largest absolute Gasteiger partial charge is 0.353 e. The summed E-state index contributed by atoms with van der Waals surface area (Å²) in [6.07, 6.45) is 8.12. The SMILES string of the molecule is CC(N)C(C)C(=O)NC1CC1C1CCCCC1.Cl. The quantitative estimate of drug-likeness (QED) is 0.828. The lowest BCUT2D eigenvalue weighted by Gasteiger charge is -2.22. The van der Waals surface area contributed by atoms with Crippen molar-refractivity contribution in [3.8, 4) is 0 Å². The number of nitrogens with two attached hydrogens (primary N) is 1. The van der Waals surface area contributed by atoms with Crippen LogP contribution in [0.15, 0.2) is 0 Å². The highest BCUT2D eigenvalue weighted by Gasteiger charge is 2.44. The van der Waals surface area contributed by atoms with E-state index in [-0.39, 0.29) is 30.3 Å². The van der Waals surface area contributed by atoms with Crippen LogP contribution in [0.3, 0.4) is 0 Å². The summed E-state index contributed by atoms with van der Waals surface area (Å²) in [4.78, 5) is 11.9. The lowest BCUT2D eigenvalue weighted by molar-refractivity contribution is -0.125. The van der Waals surface area contributed by atoms with Gasteiger partial charge in [0.1, 0.15) is 0 Å². The maximum atomic E-state index is 11.9. The molecule has 4 atom stereocenters. The van der Waals surface area contributed by atoms with Gasteiger partial charge in [-0.05, 0) is 25.2 Å². The van der Waals surface area contributed by atoms with Crippen LogP contribution in [-0.4, -0.2) is 18.0 Å². The van der Waals surface area contributed by atoms with Crippen LogP contribution in [0.25, 0.3) is 0 Å². The Balaban J connectivity index is 0.00000162. The summed E-state index contributed by atoms with van der Waals surface area (Å²) in [5, 5.41) is 3.16. The van der Waals surface area contributed by atoms with E-state index in [4.69, 9.17) is 5.73 Å².